The van der Waals surface area contributed by atoms with Crippen molar-refractivity contribution in [3.8, 4) is 5.75 Å². The second-order valence-corrected chi connectivity index (χ2v) is 6.71. The van der Waals surface area contributed by atoms with Crippen LogP contribution in [0.15, 0.2) is 72.8 Å². The summed E-state index contributed by atoms with van der Waals surface area (Å²) in [4.78, 5) is 35.7. The normalized spacial score (nSPS) is 10.3. The molecule has 0 bridgehead atoms. The van der Waals surface area contributed by atoms with E-state index in [0.717, 1.165) is 12.0 Å². The molecule has 0 atom stereocenters. The molecule has 0 aromatic heterocycles. The summed E-state index contributed by atoms with van der Waals surface area (Å²) in [6, 6.07) is 21.1. The van der Waals surface area contributed by atoms with Crippen LogP contribution in [0.2, 0.25) is 0 Å². The molecule has 1 amide bonds. The Morgan fingerprint density at radius 1 is 0.833 bits per heavy atom. The summed E-state index contributed by atoms with van der Waals surface area (Å²) >= 11 is 0. The summed E-state index contributed by atoms with van der Waals surface area (Å²) in [5, 5.41) is 12.2. The van der Waals surface area contributed by atoms with Gasteiger partial charge in [0, 0.05) is 6.92 Å². The maximum Gasteiger partial charge on any atom is 0.337 e. The largest absolute Gasteiger partial charge is 0.478 e. The lowest BCUT2D eigenvalue weighted by atomic mass is 10.0. The Morgan fingerprint density at radius 2 is 1.50 bits per heavy atom. The van der Waals surface area contributed by atoms with E-state index in [2.05, 4.69) is 5.32 Å². The number of hydrogen-bond donors (Lipinski definition) is 2. The number of carbonyl (C=O) groups is 3. The van der Waals surface area contributed by atoms with Gasteiger partial charge < -0.3 is 15.2 Å². The van der Waals surface area contributed by atoms with Crippen molar-refractivity contribution in [3.63, 3.8) is 0 Å². The highest BCUT2D eigenvalue weighted by Gasteiger charge is 2.18. The van der Waals surface area contributed by atoms with Gasteiger partial charge in [0.2, 0.25) is 0 Å². The van der Waals surface area contributed by atoms with Gasteiger partial charge in [0.05, 0.1) is 16.8 Å². The van der Waals surface area contributed by atoms with E-state index in [-0.39, 0.29) is 22.6 Å². The molecule has 0 aliphatic rings. The van der Waals surface area contributed by atoms with Gasteiger partial charge in [-0.3, -0.25) is 9.59 Å². The van der Waals surface area contributed by atoms with Gasteiger partial charge in [-0.1, -0.05) is 48.5 Å². The van der Waals surface area contributed by atoms with Crippen molar-refractivity contribution in [1.82, 2.24) is 0 Å². The number of carboxylic acid groups (broad SMARTS) is 1. The van der Waals surface area contributed by atoms with Crippen LogP contribution in [0.5, 0.6) is 5.75 Å². The molecule has 30 heavy (non-hydrogen) atoms. The number of aromatic carboxylic acids is 1. The zero-order chi connectivity index (χ0) is 21.5. The van der Waals surface area contributed by atoms with Gasteiger partial charge in [0.25, 0.3) is 5.91 Å². The molecule has 3 rings (SSSR count). The molecule has 3 aromatic carbocycles. The van der Waals surface area contributed by atoms with Crippen LogP contribution in [0.3, 0.4) is 0 Å². The molecule has 0 spiro atoms. The molecule has 0 saturated heterocycles. The summed E-state index contributed by atoms with van der Waals surface area (Å²) in [7, 11) is 0. The molecule has 6 heteroatoms. The number of carboxylic acids is 1. The van der Waals surface area contributed by atoms with Gasteiger partial charge in [-0.05, 0) is 48.2 Å². The standard InChI is InChI=1S/C24H21NO5/c1-16(26)30-22-10-6-5-9-20(22)23(27)25-21-15-18(13-14-19(21)24(28)29)12-11-17-7-3-2-4-8-17/h2-10,13-15H,11-12H2,1H3,(H,25,27)(H,28,29). The van der Waals surface area contributed by atoms with Crippen LogP contribution in [0.25, 0.3) is 0 Å². The molecule has 0 saturated carbocycles. The Kier molecular flexibility index (Phi) is 6.60. The molecule has 3 aromatic rings. The predicted octanol–water partition coefficient (Wildman–Crippen LogP) is 4.35. The number of amides is 1. The highest BCUT2D eigenvalue weighted by atomic mass is 16.5. The SMILES string of the molecule is CC(=O)Oc1ccccc1C(=O)Nc1cc(CCc2ccccc2)ccc1C(=O)O. The Labute approximate surface area is 174 Å². The quantitative estimate of drug-likeness (QED) is 0.452. The van der Waals surface area contributed by atoms with Crippen LogP contribution in [0, 0.1) is 0 Å². The van der Waals surface area contributed by atoms with Gasteiger partial charge in [0.15, 0.2) is 0 Å². The van der Waals surface area contributed by atoms with Crippen molar-refractivity contribution < 1.29 is 24.2 Å². The molecule has 6 nitrogen and oxygen atoms in total. The van der Waals surface area contributed by atoms with E-state index in [1.54, 1.807) is 24.3 Å². The molecule has 0 unspecified atom stereocenters. The first-order valence-electron chi connectivity index (χ1n) is 9.43. The molecular formula is C24H21NO5. The van der Waals surface area contributed by atoms with Crippen molar-refractivity contribution in [2.45, 2.75) is 19.8 Å². The Bertz CT molecular complexity index is 1080. The minimum Gasteiger partial charge on any atom is -0.478 e. The minimum absolute atomic E-state index is 0.0169. The van der Waals surface area contributed by atoms with Crippen molar-refractivity contribution in [3.05, 3.63) is 95.1 Å². The van der Waals surface area contributed by atoms with Crippen LogP contribution in [-0.4, -0.2) is 23.0 Å². The summed E-state index contributed by atoms with van der Waals surface area (Å²) in [5.74, 6) is -2.15. The zero-order valence-corrected chi connectivity index (χ0v) is 16.4. The highest BCUT2D eigenvalue weighted by molar-refractivity contribution is 6.09. The monoisotopic (exact) mass is 403 g/mol. The highest BCUT2D eigenvalue weighted by Crippen LogP contribution is 2.23. The molecule has 0 radical (unpaired) electrons. The fraction of sp³-hybridized carbons (Fsp3) is 0.125. The Morgan fingerprint density at radius 3 is 2.20 bits per heavy atom. The van der Waals surface area contributed by atoms with E-state index < -0.39 is 17.8 Å². The number of aryl methyl sites for hydroxylation is 2. The minimum atomic E-state index is -1.15. The lowest BCUT2D eigenvalue weighted by Crippen LogP contribution is -2.17. The molecule has 2 N–H and O–H groups in total. The second kappa shape index (κ2) is 9.52. The van der Waals surface area contributed by atoms with Gasteiger partial charge in [0.1, 0.15) is 5.75 Å². The van der Waals surface area contributed by atoms with E-state index in [0.29, 0.717) is 6.42 Å². The third-order valence-electron chi connectivity index (χ3n) is 4.49. The first kappa shape index (κ1) is 20.8. The number of nitrogens with one attached hydrogen (secondary N) is 1. The summed E-state index contributed by atoms with van der Waals surface area (Å²) < 4.78 is 5.08. The van der Waals surface area contributed by atoms with Crippen LogP contribution < -0.4 is 10.1 Å². The van der Waals surface area contributed by atoms with E-state index in [9.17, 15) is 19.5 Å². The van der Waals surface area contributed by atoms with E-state index in [1.807, 2.05) is 30.3 Å². The van der Waals surface area contributed by atoms with Crippen LogP contribution in [-0.2, 0) is 17.6 Å². The van der Waals surface area contributed by atoms with E-state index in [1.165, 1.54) is 30.7 Å². The molecule has 0 fully saturated rings. The number of para-hydroxylation sites is 1. The molecule has 0 heterocycles. The number of rotatable bonds is 7. The number of ether oxygens (including phenoxy) is 1. The van der Waals surface area contributed by atoms with E-state index in [4.69, 9.17) is 4.74 Å². The summed E-state index contributed by atoms with van der Waals surface area (Å²) in [6.07, 6.45) is 1.48. The van der Waals surface area contributed by atoms with Crippen LogP contribution in [0.4, 0.5) is 5.69 Å². The maximum atomic E-state index is 12.8. The van der Waals surface area contributed by atoms with Crippen molar-refractivity contribution >= 4 is 23.5 Å². The summed E-state index contributed by atoms with van der Waals surface area (Å²) in [5.41, 5.74) is 2.37. The van der Waals surface area contributed by atoms with Gasteiger partial charge in [-0.25, -0.2) is 4.79 Å². The molecule has 152 valence electrons. The third-order valence-corrected chi connectivity index (χ3v) is 4.49. The number of benzene rings is 3. The average molecular weight is 403 g/mol. The molecule has 0 aliphatic heterocycles. The molecular weight excluding hydrogens is 382 g/mol. The van der Waals surface area contributed by atoms with E-state index >= 15 is 0 Å². The van der Waals surface area contributed by atoms with Crippen molar-refractivity contribution in [2.24, 2.45) is 0 Å². The van der Waals surface area contributed by atoms with Gasteiger partial charge in [-0.15, -0.1) is 0 Å². The van der Waals surface area contributed by atoms with Crippen LogP contribution in [0.1, 0.15) is 38.8 Å². The smallest absolute Gasteiger partial charge is 0.337 e. The number of esters is 1. The van der Waals surface area contributed by atoms with Gasteiger partial charge in [-0.2, -0.15) is 0 Å². The second-order valence-electron chi connectivity index (χ2n) is 6.71. The maximum absolute atomic E-state index is 12.8. The Balaban J connectivity index is 1.84. The fourth-order valence-electron chi connectivity index (χ4n) is 3.06. The van der Waals surface area contributed by atoms with Gasteiger partial charge >= 0.3 is 11.9 Å². The predicted molar refractivity (Wildman–Crippen MR) is 113 cm³/mol. The first-order chi connectivity index (χ1) is 14.4. The average Bonchev–Trinajstić information content (AvgIpc) is 2.73. The Hall–Kier alpha value is -3.93. The number of anilines is 1. The van der Waals surface area contributed by atoms with Crippen molar-refractivity contribution in [1.29, 1.82) is 0 Å². The lowest BCUT2D eigenvalue weighted by molar-refractivity contribution is -0.131. The number of carbonyl (C=O) groups excluding carboxylic acids is 2. The summed E-state index contributed by atoms with van der Waals surface area (Å²) in [6.45, 7) is 1.24. The first-order valence-corrected chi connectivity index (χ1v) is 9.43. The number of hydrogen-bond acceptors (Lipinski definition) is 4. The zero-order valence-electron chi connectivity index (χ0n) is 16.4. The topological polar surface area (TPSA) is 92.7 Å². The van der Waals surface area contributed by atoms with Crippen LogP contribution >= 0.6 is 0 Å². The van der Waals surface area contributed by atoms with Crippen molar-refractivity contribution in [2.75, 3.05) is 5.32 Å². The third kappa shape index (κ3) is 5.32. The fourth-order valence-corrected chi connectivity index (χ4v) is 3.06. The molecule has 0 aliphatic carbocycles. The lowest BCUT2D eigenvalue weighted by Gasteiger charge is -2.13.